The minimum Gasteiger partial charge on any atom is -0.352 e. The number of anilines is 1. The standard InChI is InChI=1S/C16H23N3O2.ClH/c1-3-8-18-14(20)12-5-4-6-13(10-12)19-15(21)16(2)7-9-17-11-16;/h4-6,10,17H,3,7-9,11H2,1-2H3,(H,18,20)(H,19,21);1H. The molecular weight excluding hydrogens is 302 g/mol. The van der Waals surface area contributed by atoms with E-state index in [-0.39, 0.29) is 29.6 Å². The van der Waals surface area contributed by atoms with Gasteiger partial charge in [-0.1, -0.05) is 13.0 Å². The molecule has 0 saturated carbocycles. The molecule has 1 fully saturated rings. The number of rotatable bonds is 5. The number of hydrogen-bond acceptors (Lipinski definition) is 3. The third-order valence-electron chi connectivity index (χ3n) is 3.84. The molecular formula is C16H24ClN3O2. The van der Waals surface area contributed by atoms with Gasteiger partial charge < -0.3 is 16.0 Å². The molecule has 0 aliphatic carbocycles. The molecule has 1 aromatic carbocycles. The maximum absolute atomic E-state index is 12.3. The number of hydrogen-bond donors (Lipinski definition) is 3. The average molecular weight is 326 g/mol. The highest BCUT2D eigenvalue weighted by atomic mass is 35.5. The molecule has 2 rings (SSSR count). The van der Waals surface area contributed by atoms with Gasteiger partial charge in [0.25, 0.3) is 5.91 Å². The molecule has 0 radical (unpaired) electrons. The molecule has 1 atom stereocenters. The summed E-state index contributed by atoms with van der Waals surface area (Å²) in [6.45, 7) is 6.17. The van der Waals surface area contributed by atoms with E-state index in [1.807, 2.05) is 13.8 Å². The van der Waals surface area contributed by atoms with Crippen molar-refractivity contribution in [3.63, 3.8) is 0 Å². The van der Waals surface area contributed by atoms with Crippen LogP contribution in [0.25, 0.3) is 0 Å². The van der Waals surface area contributed by atoms with Crippen LogP contribution >= 0.6 is 12.4 Å². The molecule has 1 aliphatic rings. The summed E-state index contributed by atoms with van der Waals surface area (Å²) in [7, 11) is 0. The fourth-order valence-electron chi connectivity index (χ4n) is 2.37. The van der Waals surface area contributed by atoms with E-state index in [1.165, 1.54) is 0 Å². The van der Waals surface area contributed by atoms with Crippen molar-refractivity contribution in [2.75, 3.05) is 25.0 Å². The van der Waals surface area contributed by atoms with Gasteiger partial charge in [0.1, 0.15) is 0 Å². The van der Waals surface area contributed by atoms with E-state index in [2.05, 4.69) is 16.0 Å². The molecule has 5 nitrogen and oxygen atoms in total. The molecule has 1 unspecified atom stereocenters. The first-order chi connectivity index (χ1) is 10.0. The zero-order valence-electron chi connectivity index (χ0n) is 13.1. The van der Waals surface area contributed by atoms with E-state index in [4.69, 9.17) is 0 Å². The van der Waals surface area contributed by atoms with Crippen LogP contribution in [0, 0.1) is 5.41 Å². The van der Waals surface area contributed by atoms with E-state index in [9.17, 15) is 9.59 Å². The van der Waals surface area contributed by atoms with Gasteiger partial charge in [0.15, 0.2) is 0 Å². The molecule has 22 heavy (non-hydrogen) atoms. The van der Waals surface area contributed by atoms with Crippen molar-refractivity contribution in [1.29, 1.82) is 0 Å². The summed E-state index contributed by atoms with van der Waals surface area (Å²) >= 11 is 0. The molecule has 1 saturated heterocycles. The second-order valence-electron chi connectivity index (χ2n) is 5.78. The summed E-state index contributed by atoms with van der Waals surface area (Å²) < 4.78 is 0. The Kier molecular flexibility index (Phi) is 6.84. The van der Waals surface area contributed by atoms with E-state index >= 15 is 0 Å². The van der Waals surface area contributed by atoms with Crippen molar-refractivity contribution in [3.8, 4) is 0 Å². The number of amides is 2. The maximum atomic E-state index is 12.3. The van der Waals surface area contributed by atoms with E-state index in [0.717, 1.165) is 19.4 Å². The summed E-state index contributed by atoms with van der Waals surface area (Å²) in [6, 6.07) is 7.06. The Morgan fingerprint density at radius 1 is 1.36 bits per heavy atom. The molecule has 2 amide bonds. The maximum Gasteiger partial charge on any atom is 0.251 e. The van der Waals surface area contributed by atoms with Crippen LogP contribution in [0.5, 0.6) is 0 Å². The molecule has 122 valence electrons. The van der Waals surface area contributed by atoms with Crippen molar-refractivity contribution in [3.05, 3.63) is 29.8 Å². The smallest absolute Gasteiger partial charge is 0.251 e. The Morgan fingerprint density at radius 2 is 2.14 bits per heavy atom. The fourth-order valence-corrected chi connectivity index (χ4v) is 2.37. The lowest BCUT2D eigenvalue weighted by Crippen LogP contribution is -2.35. The van der Waals surface area contributed by atoms with Crippen molar-refractivity contribution in [1.82, 2.24) is 10.6 Å². The van der Waals surface area contributed by atoms with Crippen molar-refractivity contribution in [2.45, 2.75) is 26.7 Å². The van der Waals surface area contributed by atoms with Crippen LogP contribution in [-0.2, 0) is 4.79 Å². The second-order valence-corrected chi connectivity index (χ2v) is 5.78. The van der Waals surface area contributed by atoms with Crippen LogP contribution in [0.4, 0.5) is 5.69 Å². The van der Waals surface area contributed by atoms with Crippen LogP contribution in [0.2, 0.25) is 0 Å². The topological polar surface area (TPSA) is 70.2 Å². The minimum atomic E-state index is -0.375. The largest absolute Gasteiger partial charge is 0.352 e. The Hall–Kier alpha value is -1.59. The van der Waals surface area contributed by atoms with Gasteiger partial charge in [-0.15, -0.1) is 12.4 Å². The van der Waals surface area contributed by atoms with Gasteiger partial charge >= 0.3 is 0 Å². The molecule has 6 heteroatoms. The molecule has 1 aliphatic heterocycles. The van der Waals surface area contributed by atoms with Gasteiger partial charge in [-0.25, -0.2) is 0 Å². The minimum absolute atomic E-state index is 0. The van der Waals surface area contributed by atoms with Gasteiger partial charge in [0.05, 0.1) is 5.41 Å². The summed E-state index contributed by atoms with van der Waals surface area (Å²) in [6.07, 6.45) is 1.73. The lowest BCUT2D eigenvalue weighted by atomic mass is 9.88. The first-order valence-electron chi connectivity index (χ1n) is 7.45. The normalized spacial score (nSPS) is 20.1. The number of nitrogens with one attached hydrogen (secondary N) is 3. The first kappa shape index (κ1) is 18.5. The van der Waals surface area contributed by atoms with Crippen molar-refractivity contribution >= 4 is 29.9 Å². The Labute approximate surface area is 137 Å². The third-order valence-corrected chi connectivity index (χ3v) is 3.84. The number of carbonyl (C=O) groups excluding carboxylic acids is 2. The SMILES string of the molecule is CCCNC(=O)c1cccc(NC(=O)C2(C)CCNC2)c1.Cl. The molecule has 0 bridgehead atoms. The van der Waals surface area contributed by atoms with Gasteiger partial charge in [-0.3, -0.25) is 9.59 Å². The number of halogens is 1. The first-order valence-corrected chi connectivity index (χ1v) is 7.45. The monoisotopic (exact) mass is 325 g/mol. The Bertz CT molecular complexity index is 528. The highest BCUT2D eigenvalue weighted by Crippen LogP contribution is 2.26. The van der Waals surface area contributed by atoms with Crippen LogP contribution < -0.4 is 16.0 Å². The molecule has 3 N–H and O–H groups in total. The van der Waals surface area contributed by atoms with E-state index in [0.29, 0.717) is 24.3 Å². The summed E-state index contributed by atoms with van der Waals surface area (Å²) in [5.41, 5.74) is 0.855. The summed E-state index contributed by atoms with van der Waals surface area (Å²) in [5.74, 6) is -0.111. The van der Waals surface area contributed by atoms with Crippen LogP contribution in [0.3, 0.4) is 0 Å². The van der Waals surface area contributed by atoms with Gasteiger partial charge in [-0.2, -0.15) is 0 Å². The van der Waals surface area contributed by atoms with Gasteiger partial charge in [0.2, 0.25) is 5.91 Å². The zero-order chi connectivity index (χ0) is 15.3. The van der Waals surface area contributed by atoms with Crippen LogP contribution in [-0.4, -0.2) is 31.4 Å². The van der Waals surface area contributed by atoms with Gasteiger partial charge in [-0.05, 0) is 44.5 Å². The fraction of sp³-hybridized carbons (Fsp3) is 0.500. The Morgan fingerprint density at radius 3 is 2.77 bits per heavy atom. The quantitative estimate of drug-likeness (QED) is 0.777. The third kappa shape index (κ3) is 4.45. The highest BCUT2D eigenvalue weighted by molar-refractivity contribution is 5.98. The molecule has 1 aromatic rings. The van der Waals surface area contributed by atoms with Crippen LogP contribution in [0.15, 0.2) is 24.3 Å². The molecule has 0 spiro atoms. The number of carbonyl (C=O) groups is 2. The van der Waals surface area contributed by atoms with Crippen molar-refractivity contribution < 1.29 is 9.59 Å². The average Bonchev–Trinajstić information content (AvgIpc) is 2.93. The summed E-state index contributed by atoms with van der Waals surface area (Å²) in [5, 5.41) is 8.95. The molecule has 0 aromatic heterocycles. The zero-order valence-corrected chi connectivity index (χ0v) is 13.9. The van der Waals surface area contributed by atoms with Crippen LogP contribution in [0.1, 0.15) is 37.0 Å². The predicted molar refractivity (Wildman–Crippen MR) is 90.5 cm³/mol. The van der Waals surface area contributed by atoms with E-state index < -0.39 is 0 Å². The lowest BCUT2D eigenvalue weighted by molar-refractivity contribution is -0.123. The van der Waals surface area contributed by atoms with Gasteiger partial charge in [0, 0.05) is 24.3 Å². The number of benzene rings is 1. The second kappa shape index (κ2) is 8.15. The lowest BCUT2D eigenvalue weighted by Gasteiger charge is -2.21. The summed E-state index contributed by atoms with van der Waals surface area (Å²) in [4.78, 5) is 24.3. The van der Waals surface area contributed by atoms with E-state index in [1.54, 1.807) is 24.3 Å². The highest BCUT2D eigenvalue weighted by Gasteiger charge is 2.36. The Balaban J connectivity index is 0.00000242. The van der Waals surface area contributed by atoms with Crippen molar-refractivity contribution in [2.24, 2.45) is 5.41 Å². The molecule has 1 heterocycles. The predicted octanol–water partition coefficient (Wildman–Crippen LogP) is 2.19.